The Morgan fingerprint density at radius 1 is 1.41 bits per heavy atom. The number of ether oxygens (including phenoxy) is 1. The Morgan fingerprint density at radius 3 is 2.76 bits per heavy atom. The van der Waals surface area contributed by atoms with Crippen molar-refractivity contribution in [2.45, 2.75) is 64.6 Å². The second kappa shape index (κ2) is 8.03. The van der Waals surface area contributed by atoms with Crippen LogP contribution in [0, 0.1) is 0 Å². The molecule has 0 amide bonds. The lowest BCUT2D eigenvalue weighted by molar-refractivity contribution is -0.0568. The van der Waals surface area contributed by atoms with Crippen molar-refractivity contribution in [1.29, 1.82) is 0 Å². The van der Waals surface area contributed by atoms with Crippen LogP contribution in [0.4, 0.5) is 0 Å². The first kappa shape index (κ1) is 14.9. The first-order valence-corrected chi connectivity index (χ1v) is 7.00. The number of rotatable bonds is 7. The van der Waals surface area contributed by atoms with Crippen molar-refractivity contribution in [2.75, 3.05) is 19.7 Å². The van der Waals surface area contributed by atoms with E-state index in [4.69, 9.17) is 10.6 Å². The minimum atomic E-state index is 0.244. The Kier molecular flexibility index (Phi) is 7.04. The lowest BCUT2D eigenvalue weighted by atomic mass is 10.0. The highest BCUT2D eigenvalue weighted by molar-refractivity contribution is 4.82. The van der Waals surface area contributed by atoms with Gasteiger partial charge >= 0.3 is 0 Å². The number of nitrogens with two attached hydrogens (primary N) is 1. The van der Waals surface area contributed by atoms with E-state index in [0.29, 0.717) is 12.1 Å². The second-order valence-electron chi connectivity index (χ2n) is 5.27. The van der Waals surface area contributed by atoms with E-state index in [1.807, 2.05) is 0 Å². The second-order valence-corrected chi connectivity index (χ2v) is 5.27. The fourth-order valence-corrected chi connectivity index (χ4v) is 2.40. The maximum Gasteiger partial charge on any atom is 0.0868 e. The van der Waals surface area contributed by atoms with Gasteiger partial charge in [-0.15, -0.1) is 0 Å². The fraction of sp³-hybridized carbons (Fsp3) is 1.00. The smallest absolute Gasteiger partial charge is 0.0868 e. The van der Waals surface area contributed by atoms with Crippen molar-refractivity contribution < 1.29 is 4.74 Å². The van der Waals surface area contributed by atoms with Crippen LogP contribution in [0.15, 0.2) is 0 Å². The van der Waals surface area contributed by atoms with Crippen LogP contribution in [0.25, 0.3) is 0 Å². The molecular weight excluding hydrogens is 214 g/mol. The quantitative estimate of drug-likeness (QED) is 0.404. The van der Waals surface area contributed by atoms with Crippen molar-refractivity contribution in [3.63, 3.8) is 0 Å². The van der Waals surface area contributed by atoms with E-state index >= 15 is 0 Å². The lowest BCUT2D eigenvalue weighted by Crippen LogP contribution is -2.55. The van der Waals surface area contributed by atoms with Gasteiger partial charge in [-0.2, -0.15) is 0 Å². The maximum absolute atomic E-state index is 5.86. The molecule has 102 valence electrons. The molecule has 4 nitrogen and oxygen atoms in total. The molecular formula is C13H29N3O. The number of nitrogens with zero attached hydrogens (tertiary/aromatic N) is 1. The summed E-state index contributed by atoms with van der Waals surface area (Å²) in [6, 6.07) is 0.888. The van der Waals surface area contributed by atoms with Crippen molar-refractivity contribution >= 4 is 0 Å². The van der Waals surface area contributed by atoms with E-state index in [-0.39, 0.29) is 6.10 Å². The minimum Gasteiger partial charge on any atom is -0.374 e. The van der Waals surface area contributed by atoms with E-state index in [0.717, 1.165) is 26.1 Å². The third kappa shape index (κ3) is 4.92. The molecule has 0 aromatic heterocycles. The van der Waals surface area contributed by atoms with E-state index in [9.17, 15) is 0 Å². The molecule has 17 heavy (non-hydrogen) atoms. The summed E-state index contributed by atoms with van der Waals surface area (Å²) in [7, 11) is 0. The topological polar surface area (TPSA) is 50.5 Å². The molecule has 0 bridgehead atoms. The summed E-state index contributed by atoms with van der Waals surface area (Å²) in [5.74, 6) is 5.66. The third-order valence-electron chi connectivity index (χ3n) is 3.64. The molecule has 0 aliphatic carbocycles. The molecule has 0 aromatic carbocycles. The molecule has 4 heteroatoms. The lowest BCUT2D eigenvalue weighted by Gasteiger charge is -2.38. The Hall–Kier alpha value is -0.160. The van der Waals surface area contributed by atoms with Crippen LogP contribution >= 0.6 is 0 Å². The van der Waals surface area contributed by atoms with Gasteiger partial charge in [-0.25, -0.2) is 0 Å². The molecule has 2 unspecified atom stereocenters. The van der Waals surface area contributed by atoms with E-state index < -0.39 is 0 Å². The molecule has 0 spiro atoms. The van der Waals surface area contributed by atoms with Gasteiger partial charge in [0.05, 0.1) is 12.7 Å². The van der Waals surface area contributed by atoms with Crippen LogP contribution in [0.2, 0.25) is 0 Å². The monoisotopic (exact) mass is 243 g/mol. The van der Waals surface area contributed by atoms with Crippen LogP contribution in [0.5, 0.6) is 0 Å². The maximum atomic E-state index is 5.86. The summed E-state index contributed by atoms with van der Waals surface area (Å²) in [6.45, 7) is 9.57. The number of hydrogen-bond donors (Lipinski definition) is 2. The molecule has 1 aliphatic heterocycles. The average Bonchev–Trinajstić information content (AvgIpc) is 2.35. The third-order valence-corrected chi connectivity index (χ3v) is 3.64. The zero-order valence-corrected chi connectivity index (χ0v) is 11.6. The summed E-state index contributed by atoms with van der Waals surface area (Å²) in [4.78, 5) is 2.47. The fourth-order valence-electron chi connectivity index (χ4n) is 2.40. The van der Waals surface area contributed by atoms with Crippen molar-refractivity contribution in [1.82, 2.24) is 10.3 Å². The van der Waals surface area contributed by atoms with Gasteiger partial charge in [0.2, 0.25) is 0 Å². The first-order chi connectivity index (χ1) is 8.19. The average molecular weight is 243 g/mol. The molecule has 0 saturated carbocycles. The predicted octanol–water partition coefficient (Wildman–Crippen LogP) is 1.51. The number of unbranched alkanes of at least 4 members (excludes halogenated alkanes) is 2. The molecule has 1 aliphatic rings. The number of morpholine rings is 1. The molecule has 0 radical (unpaired) electrons. The molecule has 1 saturated heterocycles. The molecule has 2 atom stereocenters. The van der Waals surface area contributed by atoms with Gasteiger partial charge in [-0.05, 0) is 20.3 Å². The van der Waals surface area contributed by atoms with Gasteiger partial charge in [0.15, 0.2) is 0 Å². The van der Waals surface area contributed by atoms with Gasteiger partial charge in [-0.3, -0.25) is 16.2 Å². The largest absolute Gasteiger partial charge is 0.374 e. The van der Waals surface area contributed by atoms with Gasteiger partial charge in [-0.1, -0.05) is 26.2 Å². The molecule has 1 heterocycles. The van der Waals surface area contributed by atoms with Crippen LogP contribution < -0.4 is 11.3 Å². The van der Waals surface area contributed by atoms with Gasteiger partial charge in [0.1, 0.15) is 0 Å². The number of hydrazine groups is 1. The number of nitrogens with one attached hydrogen (secondary N) is 1. The summed E-state index contributed by atoms with van der Waals surface area (Å²) in [5.41, 5.74) is 2.94. The molecule has 1 fully saturated rings. The molecule has 1 rings (SSSR count). The van der Waals surface area contributed by atoms with Crippen LogP contribution in [0.3, 0.4) is 0 Å². The van der Waals surface area contributed by atoms with Gasteiger partial charge in [0, 0.05) is 25.2 Å². The minimum absolute atomic E-state index is 0.244. The normalized spacial score (nSPS) is 24.2. The first-order valence-electron chi connectivity index (χ1n) is 7.00. The summed E-state index contributed by atoms with van der Waals surface area (Å²) >= 11 is 0. The van der Waals surface area contributed by atoms with Crippen molar-refractivity contribution in [2.24, 2.45) is 5.84 Å². The highest BCUT2D eigenvalue weighted by atomic mass is 16.5. The van der Waals surface area contributed by atoms with Crippen molar-refractivity contribution in [3.05, 3.63) is 0 Å². The standard InChI is InChI=1S/C13H29N3O/c1-4-5-6-7-12(15-14)13-10-16(11(2)3)8-9-17-13/h11-13,15H,4-10,14H2,1-3H3. The Labute approximate surface area is 106 Å². The summed E-state index contributed by atoms with van der Waals surface area (Å²) in [6.07, 6.45) is 5.11. The zero-order valence-electron chi connectivity index (χ0n) is 11.6. The highest BCUT2D eigenvalue weighted by Gasteiger charge is 2.28. The summed E-state index contributed by atoms with van der Waals surface area (Å²) < 4.78 is 5.86. The summed E-state index contributed by atoms with van der Waals surface area (Å²) in [5, 5.41) is 0. The Bertz CT molecular complexity index is 199. The predicted molar refractivity (Wildman–Crippen MR) is 71.7 cm³/mol. The van der Waals surface area contributed by atoms with E-state index in [1.165, 1.54) is 19.3 Å². The van der Waals surface area contributed by atoms with Gasteiger partial charge < -0.3 is 4.74 Å². The SMILES string of the molecule is CCCCCC(NN)C1CN(C(C)C)CCO1. The van der Waals surface area contributed by atoms with Crippen LogP contribution in [-0.2, 0) is 4.74 Å². The molecule has 0 aromatic rings. The van der Waals surface area contributed by atoms with Gasteiger partial charge in [0.25, 0.3) is 0 Å². The highest BCUT2D eigenvalue weighted by Crippen LogP contribution is 2.15. The molecule has 3 N–H and O–H groups in total. The Balaban J connectivity index is 2.39. The van der Waals surface area contributed by atoms with Crippen molar-refractivity contribution in [3.8, 4) is 0 Å². The van der Waals surface area contributed by atoms with Crippen LogP contribution in [-0.4, -0.2) is 42.8 Å². The zero-order chi connectivity index (χ0) is 12.7. The Morgan fingerprint density at radius 2 is 2.18 bits per heavy atom. The van der Waals surface area contributed by atoms with E-state index in [1.54, 1.807) is 0 Å². The van der Waals surface area contributed by atoms with Crippen LogP contribution in [0.1, 0.15) is 46.5 Å². The van der Waals surface area contributed by atoms with E-state index in [2.05, 4.69) is 31.1 Å². The number of hydrogen-bond acceptors (Lipinski definition) is 4.